The lowest BCUT2D eigenvalue weighted by atomic mass is 10.2. The van der Waals surface area contributed by atoms with Crippen molar-refractivity contribution >= 4 is 15.9 Å². The normalized spacial score (nSPS) is 12.9. The molecule has 0 aliphatic heterocycles. The summed E-state index contributed by atoms with van der Waals surface area (Å²) >= 11 is 0. The molecule has 1 aromatic carbocycles. The highest BCUT2D eigenvalue weighted by atomic mass is 31.2. The van der Waals surface area contributed by atoms with Crippen molar-refractivity contribution < 1.29 is 22.8 Å². The van der Waals surface area contributed by atoms with Gasteiger partial charge in [0.2, 0.25) is 0 Å². The largest absolute Gasteiger partial charge is 0.540 e. The van der Waals surface area contributed by atoms with Crippen LogP contribution in [-0.2, 0) is 19.8 Å². The second kappa shape index (κ2) is 10.8. The standard InChI is InChI=1S/C21H39O5PSi/c1-10-24-27(22,25-11-2)15-19-12-13-20(21(14-19)23-9)26-28(16(3)4,17(5)6)18(7)8/h12-14,16-18H,10-11,15H2,1-9H3. The van der Waals surface area contributed by atoms with E-state index < -0.39 is 15.9 Å². The molecule has 0 fully saturated rings. The smallest absolute Gasteiger partial charge is 0.335 e. The van der Waals surface area contributed by atoms with E-state index in [9.17, 15) is 4.57 Å². The van der Waals surface area contributed by atoms with E-state index in [2.05, 4.69) is 41.5 Å². The molecule has 5 nitrogen and oxygen atoms in total. The maximum atomic E-state index is 12.9. The van der Waals surface area contributed by atoms with E-state index in [0.717, 1.165) is 11.3 Å². The molecular weight excluding hydrogens is 391 g/mol. The minimum atomic E-state index is -3.16. The summed E-state index contributed by atoms with van der Waals surface area (Å²) in [6, 6.07) is 5.76. The maximum Gasteiger partial charge on any atom is 0.335 e. The van der Waals surface area contributed by atoms with E-state index in [4.69, 9.17) is 18.2 Å². The number of hydrogen-bond acceptors (Lipinski definition) is 5. The Morgan fingerprint density at radius 2 is 1.39 bits per heavy atom. The molecule has 0 heterocycles. The van der Waals surface area contributed by atoms with Crippen molar-refractivity contribution in [3.8, 4) is 11.5 Å². The molecule has 1 aromatic rings. The molecule has 0 atom stereocenters. The number of benzene rings is 1. The number of ether oxygens (including phenoxy) is 1. The van der Waals surface area contributed by atoms with Crippen molar-refractivity contribution in [1.82, 2.24) is 0 Å². The molecule has 0 saturated carbocycles. The van der Waals surface area contributed by atoms with Crippen molar-refractivity contribution in [3.05, 3.63) is 23.8 Å². The zero-order chi connectivity index (χ0) is 21.5. The van der Waals surface area contributed by atoms with Crippen LogP contribution in [0.25, 0.3) is 0 Å². The number of methoxy groups -OCH3 is 1. The minimum absolute atomic E-state index is 0.215. The molecule has 0 amide bonds. The zero-order valence-electron chi connectivity index (χ0n) is 19.1. The Balaban J connectivity index is 3.25. The molecule has 0 bridgehead atoms. The fraction of sp³-hybridized carbons (Fsp3) is 0.714. The predicted molar refractivity (Wildman–Crippen MR) is 119 cm³/mol. The fourth-order valence-corrected chi connectivity index (χ4v) is 11.1. The van der Waals surface area contributed by atoms with Crippen LogP contribution >= 0.6 is 7.60 Å². The highest BCUT2D eigenvalue weighted by molar-refractivity contribution is 7.53. The van der Waals surface area contributed by atoms with E-state index in [1.165, 1.54) is 0 Å². The number of hydrogen-bond donors (Lipinski definition) is 0. The van der Waals surface area contributed by atoms with Gasteiger partial charge in [0.05, 0.1) is 26.5 Å². The van der Waals surface area contributed by atoms with Gasteiger partial charge in [0.15, 0.2) is 5.75 Å². The Labute approximate surface area is 172 Å². The van der Waals surface area contributed by atoms with Crippen LogP contribution in [0.15, 0.2) is 18.2 Å². The van der Waals surface area contributed by atoms with Gasteiger partial charge in [-0.25, -0.2) is 0 Å². The van der Waals surface area contributed by atoms with Gasteiger partial charge in [0.25, 0.3) is 8.32 Å². The molecule has 0 radical (unpaired) electrons. The van der Waals surface area contributed by atoms with Crippen LogP contribution in [-0.4, -0.2) is 28.6 Å². The van der Waals surface area contributed by atoms with Gasteiger partial charge in [-0.3, -0.25) is 4.57 Å². The number of rotatable bonds is 12. The first-order valence-corrected chi connectivity index (χ1v) is 14.2. The third kappa shape index (κ3) is 5.85. The molecule has 0 aromatic heterocycles. The molecule has 0 spiro atoms. The highest BCUT2D eigenvalue weighted by Crippen LogP contribution is 2.52. The third-order valence-corrected chi connectivity index (χ3v) is 13.3. The Morgan fingerprint density at radius 3 is 1.79 bits per heavy atom. The van der Waals surface area contributed by atoms with E-state index >= 15 is 0 Å². The van der Waals surface area contributed by atoms with Crippen LogP contribution in [0, 0.1) is 0 Å². The van der Waals surface area contributed by atoms with Gasteiger partial charge >= 0.3 is 7.60 Å². The summed E-state index contributed by atoms with van der Waals surface area (Å²) in [5.74, 6) is 1.42. The first-order chi connectivity index (χ1) is 13.1. The summed E-state index contributed by atoms with van der Waals surface area (Å²) in [6.07, 6.45) is 0.215. The van der Waals surface area contributed by atoms with Gasteiger partial charge in [-0.1, -0.05) is 47.6 Å². The quantitative estimate of drug-likeness (QED) is 0.263. The highest BCUT2D eigenvalue weighted by Gasteiger charge is 2.47. The molecule has 0 N–H and O–H groups in total. The molecule has 1 rings (SSSR count). The summed E-state index contributed by atoms with van der Waals surface area (Å²) in [5.41, 5.74) is 2.24. The summed E-state index contributed by atoms with van der Waals surface area (Å²) in [7, 11) is -3.61. The molecular formula is C21H39O5PSi. The minimum Gasteiger partial charge on any atom is -0.540 e. The molecule has 0 unspecified atom stereocenters. The Morgan fingerprint density at radius 1 is 0.893 bits per heavy atom. The van der Waals surface area contributed by atoms with Gasteiger partial charge in [0.1, 0.15) is 5.75 Å². The van der Waals surface area contributed by atoms with Crippen molar-refractivity contribution in [2.24, 2.45) is 0 Å². The maximum absolute atomic E-state index is 12.9. The molecule has 28 heavy (non-hydrogen) atoms. The lowest BCUT2D eigenvalue weighted by molar-refractivity contribution is 0.219. The van der Waals surface area contributed by atoms with Crippen molar-refractivity contribution in [1.29, 1.82) is 0 Å². The predicted octanol–water partition coefficient (Wildman–Crippen LogP) is 7.02. The summed E-state index contributed by atoms with van der Waals surface area (Å²) in [5, 5.41) is 0. The fourth-order valence-electron chi connectivity index (χ4n) is 4.18. The van der Waals surface area contributed by atoms with Crippen molar-refractivity contribution in [2.75, 3.05) is 20.3 Å². The first-order valence-electron chi connectivity index (χ1n) is 10.3. The monoisotopic (exact) mass is 430 g/mol. The van der Waals surface area contributed by atoms with Crippen molar-refractivity contribution in [3.63, 3.8) is 0 Å². The molecule has 0 saturated heterocycles. The third-order valence-electron chi connectivity index (χ3n) is 5.25. The second-order valence-corrected chi connectivity index (χ2v) is 15.4. The topological polar surface area (TPSA) is 54.0 Å². The van der Waals surface area contributed by atoms with Gasteiger partial charge in [0, 0.05) is 0 Å². The second-order valence-electron chi connectivity index (χ2n) is 8.01. The molecule has 7 heteroatoms. The van der Waals surface area contributed by atoms with E-state index in [0.29, 0.717) is 35.6 Å². The van der Waals surface area contributed by atoms with Crippen LogP contribution in [0.1, 0.15) is 61.0 Å². The lowest BCUT2D eigenvalue weighted by Crippen LogP contribution is -2.50. The van der Waals surface area contributed by atoms with Crippen molar-refractivity contribution in [2.45, 2.75) is 78.2 Å². The van der Waals surface area contributed by atoms with E-state index in [1.54, 1.807) is 7.11 Å². The van der Waals surface area contributed by atoms with Gasteiger partial charge in [-0.15, -0.1) is 0 Å². The first kappa shape index (κ1) is 25.2. The Hall–Kier alpha value is -0.813. The summed E-state index contributed by atoms with van der Waals surface area (Å²) in [4.78, 5) is 0. The van der Waals surface area contributed by atoms with Crippen LogP contribution in [0.4, 0.5) is 0 Å². The van der Waals surface area contributed by atoms with Crippen LogP contribution in [0.3, 0.4) is 0 Å². The van der Waals surface area contributed by atoms with E-state index in [1.807, 2.05) is 32.0 Å². The molecule has 0 aliphatic carbocycles. The average molecular weight is 431 g/mol. The molecule has 0 aliphatic rings. The summed E-state index contributed by atoms with van der Waals surface area (Å²) < 4.78 is 36.1. The summed E-state index contributed by atoms with van der Waals surface area (Å²) in [6.45, 7) is 17.9. The Bertz CT molecular complexity index is 628. The zero-order valence-corrected chi connectivity index (χ0v) is 21.0. The van der Waals surface area contributed by atoms with Gasteiger partial charge in [-0.05, 0) is 48.2 Å². The Kier molecular flexibility index (Phi) is 9.75. The van der Waals surface area contributed by atoms with Crippen LogP contribution in [0.2, 0.25) is 16.6 Å². The average Bonchev–Trinajstić information content (AvgIpc) is 2.59. The van der Waals surface area contributed by atoms with Gasteiger partial charge < -0.3 is 18.2 Å². The van der Waals surface area contributed by atoms with Crippen LogP contribution < -0.4 is 9.16 Å². The van der Waals surface area contributed by atoms with E-state index in [-0.39, 0.29) is 6.16 Å². The van der Waals surface area contributed by atoms with Crippen LogP contribution in [0.5, 0.6) is 11.5 Å². The lowest BCUT2D eigenvalue weighted by Gasteiger charge is -2.42. The molecule has 162 valence electrons. The van der Waals surface area contributed by atoms with Gasteiger partial charge in [-0.2, -0.15) is 0 Å². The SMILES string of the molecule is CCOP(=O)(Cc1ccc(O[Si](C(C)C)(C(C)C)C(C)C)c(OC)c1)OCC.